The smallest absolute Gasteiger partial charge is 0.306 e. The van der Waals surface area contributed by atoms with Crippen molar-refractivity contribution in [3.05, 3.63) is 0 Å². The fraction of sp³-hybridized carbons (Fsp3) is 0.943. The van der Waals surface area contributed by atoms with Gasteiger partial charge in [0.05, 0.1) is 0 Å². The van der Waals surface area contributed by atoms with Crippen LogP contribution in [0.4, 0.5) is 0 Å². The maximum atomic E-state index is 12.7. The Kier molecular flexibility index (Phi) is 46.2. The lowest BCUT2D eigenvalue weighted by Gasteiger charge is -2.18. The SMILES string of the molecule is CCCCCCCCCCCCCCCCCCCCCC(=O)OC[C@H](COC(=O)CCCCCCCCCCCC(C)C)OC(=O)CCCCCCCCCCCC. The highest BCUT2D eigenvalue weighted by atomic mass is 16.6. The summed E-state index contributed by atoms with van der Waals surface area (Å²) in [4.78, 5) is 37.9. The number of carbonyl (C=O) groups is 3. The summed E-state index contributed by atoms with van der Waals surface area (Å²) >= 11 is 0. The summed E-state index contributed by atoms with van der Waals surface area (Å²) in [6.07, 6.45) is 49.5. The van der Waals surface area contributed by atoms with Crippen molar-refractivity contribution in [1.29, 1.82) is 0 Å². The summed E-state index contributed by atoms with van der Waals surface area (Å²) in [5.41, 5.74) is 0. The van der Waals surface area contributed by atoms with E-state index in [1.54, 1.807) is 0 Å². The van der Waals surface area contributed by atoms with Crippen molar-refractivity contribution in [2.75, 3.05) is 13.2 Å². The normalized spacial score (nSPS) is 11.9. The summed E-state index contributed by atoms with van der Waals surface area (Å²) in [7, 11) is 0. The van der Waals surface area contributed by atoms with Gasteiger partial charge in [0.25, 0.3) is 0 Å². The van der Waals surface area contributed by atoms with E-state index in [9.17, 15) is 14.4 Å². The van der Waals surface area contributed by atoms with Gasteiger partial charge in [-0.1, -0.05) is 259 Å². The molecule has 0 aliphatic carbocycles. The van der Waals surface area contributed by atoms with E-state index in [4.69, 9.17) is 14.2 Å². The number of carbonyl (C=O) groups excluding carboxylic acids is 3. The van der Waals surface area contributed by atoms with Gasteiger partial charge in [0.15, 0.2) is 6.10 Å². The van der Waals surface area contributed by atoms with E-state index in [2.05, 4.69) is 27.7 Å². The predicted octanol–water partition coefficient (Wildman–Crippen LogP) is 17.1. The Morgan fingerprint density at radius 2 is 0.559 bits per heavy atom. The van der Waals surface area contributed by atoms with E-state index in [-0.39, 0.29) is 31.1 Å². The molecule has 6 heteroatoms. The molecule has 0 heterocycles. The lowest BCUT2D eigenvalue weighted by atomic mass is 10.0. The molecule has 0 saturated heterocycles. The Morgan fingerprint density at radius 3 is 0.831 bits per heavy atom. The van der Waals surface area contributed by atoms with Gasteiger partial charge in [0.2, 0.25) is 0 Å². The lowest BCUT2D eigenvalue weighted by molar-refractivity contribution is -0.167. The third kappa shape index (κ3) is 47.3. The van der Waals surface area contributed by atoms with E-state index in [0.29, 0.717) is 19.3 Å². The van der Waals surface area contributed by atoms with Gasteiger partial charge in [-0.2, -0.15) is 0 Å². The summed E-state index contributed by atoms with van der Waals surface area (Å²) in [6.45, 7) is 9.00. The minimum absolute atomic E-state index is 0.0630. The van der Waals surface area contributed by atoms with Gasteiger partial charge in [0, 0.05) is 19.3 Å². The maximum Gasteiger partial charge on any atom is 0.306 e. The first-order valence-electron chi connectivity index (χ1n) is 26.4. The van der Waals surface area contributed by atoms with Crippen LogP contribution in [0.1, 0.15) is 297 Å². The molecule has 0 unspecified atom stereocenters. The van der Waals surface area contributed by atoms with Crippen LogP contribution in [0.2, 0.25) is 0 Å². The summed E-state index contributed by atoms with van der Waals surface area (Å²) in [6, 6.07) is 0. The van der Waals surface area contributed by atoms with Crippen LogP contribution in [-0.2, 0) is 28.6 Å². The van der Waals surface area contributed by atoms with E-state index in [0.717, 1.165) is 63.7 Å². The van der Waals surface area contributed by atoms with Gasteiger partial charge < -0.3 is 14.2 Å². The molecular formula is C53H102O6. The Hall–Kier alpha value is -1.59. The van der Waals surface area contributed by atoms with Gasteiger partial charge in [-0.3, -0.25) is 14.4 Å². The van der Waals surface area contributed by atoms with Crippen LogP contribution in [0.3, 0.4) is 0 Å². The highest BCUT2D eigenvalue weighted by Crippen LogP contribution is 2.17. The van der Waals surface area contributed by atoms with Crippen molar-refractivity contribution in [3.63, 3.8) is 0 Å². The molecule has 0 aromatic heterocycles. The largest absolute Gasteiger partial charge is 0.462 e. The molecule has 0 bridgehead atoms. The van der Waals surface area contributed by atoms with Crippen LogP contribution in [0, 0.1) is 5.92 Å². The molecule has 0 radical (unpaired) electrons. The average molecular weight is 835 g/mol. The van der Waals surface area contributed by atoms with E-state index < -0.39 is 6.10 Å². The highest BCUT2D eigenvalue weighted by molar-refractivity contribution is 5.71. The van der Waals surface area contributed by atoms with Crippen LogP contribution >= 0.6 is 0 Å². The van der Waals surface area contributed by atoms with Crippen LogP contribution in [0.15, 0.2) is 0 Å². The minimum Gasteiger partial charge on any atom is -0.462 e. The second-order valence-electron chi connectivity index (χ2n) is 18.6. The lowest BCUT2D eigenvalue weighted by Crippen LogP contribution is -2.30. The highest BCUT2D eigenvalue weighted by Gasteiger charge is 2.19. The molecule has 1 atom stereocenters. The quantitative estimate of drug-likeness (QED) is 0.0345. The Morgan fingerprint density at radius 1 is 0.322 bits per heavy atom. The zero-order valence-corrected chi connectivity index (χ0v) is 40.2. The van der Waals surface area contributed by atoms with Crippen molar-refractivity contribution in [3.8, 4) is 0 Å². The molecule has 0 aliphatic rings. The second kappa shape index (κ2) is 47.5. The summed E-state index contributed by atoms with van der Waals surface area (Å²) in [5.74, 6) is -0.0383. The Balaban J connectivity index is 4.21. The van der Waals surface area contributed by atoms with Crippen LogP contribution in [0.5, 0.6) is 0 Å². The van der Waals surface area contributed by atoms with Gasteiger partial charge >= 0.3 is 17.9 Å². The number of hydrogen-bond acceptors (Lipinski definition) is 6. The third-order valence-corrected chi connectivity index (χ3v) is 12.0. The van der Waals surface area contributed by atoms with Gasteiger partial charge in [0.1, 0.15) is 13.2 Å². The minimum atomic E-state index is -0.760. The fourth-order valence-electron chi connectivity index (χ4n) is 8.04. The molecule has 6 nitrogen and oxygen atoms in total. The van der Waals surface area contributed by atoms with E-state index >= 15 is 0 Å². The predicted molar refractivity (Wildman–Crippen MR) is 252 cm³/mol. The van der Waals surface area contributed by atoms with Crippen molar-refractivity contribution < 1.29 is 28.6 Å². The van der Waals surface area contributed by atoms with Crippen molar-refractivity contribution in [2.24, 2.45) is 5.92 Å². The number of hydrogen-bond donors (Lipinski definition) is 0. The standard InChI is InChI=1S/C53H102O6/c1-5-7-9-11-13-15-17-18-19-20-21-22-23-24-25-29-32-36-40-44-51(54)57-47-50(59-53(56)46-42-38-34-28-16-14-12-10-8-6-2)48-58-52(55)45-41-37-33-30-26-27-31-35-39-43-49(3)4/h49-50H,5-48H2,1-4H3/t50-/m1/s1. The van der Waals surface area contributed by atoms with Gasteiger partial charge in [-0.25, -0.2) is 0 Å². The van der Waals surface area contributed by atoms with Crippen molar-refractivity contribution in [1.82, 2.24) is 0 Å². The molecule has 0 N–H and O–H groups in total. The molecule has 0 spiro atoms. The Bertz CT molecular complexity index is 887. The zero-order valence-electron chi connectivity index (χ0n) is 40.2. The number of ether oxygens (including phenoxy) is 3. The first-order chi connectivity index (χ1) is 28.9. The first-order valence-corrected chi connectivity index (χ1v) is 26.4. The number of unbranched alkanes of at least 4 members (excludes halogenated alkanes) is 35. The molecule has 0 aromatic rings. The van der Waals surface area contributed by atoms with Crippen LogP contribution < -0.4 is 0 Å². The number of rotatable bonds is 48. The zero-order chi connectivity index (χ0) is 43.1. The van der Waals surface area contributed by atoms with E-state index in [1.807, 2.05) is 0 Å². The van der Waals surface area contributed by atoms with Crippen LogP contribution in [-0.4, -0.2) is 37.2 Å². The summed E-state index contributed by atoms with van der Waals surface area (Å²) < 4.78 is 16.8. The molecular weight excluding hydrogens is 733 g/mol. The average Bonchev–Trinajstić information content (AvgIpc) is 3.22. The molecule has 0 fully saturated rings. The molecule has 0 aliphatic heterocycles. The molecule has 0 aromatic carbocycles. The topological polar surface area (TPSA) is 78.9 Å². The molecule has 0 saturated carbocycles. The maximum absolute atomic E-state index is 12.7. The second-order valence-corrected chi connectivity index (χ2v) is 18.6. The molecule has 59 heavy (non-hydrogen) atoms. The monoisotopic (exact) mass is 835 g/mol. The van der Waals surface area contributed by atoms with Crippen molar-refractivity contribution >= 4 is 17.9 Å². The van der Waals surface area contributed by atoms with Gasteiger partial charge in [-0.15, -0.1) is 0 Å². The fourth-order valence-corrected chi connectivity index (χ4v) is 8.04. The first kappa shape index (κ1) is 57.4. The third-order valence-electron chi connectivity index (χ3n) is 12.0. The van der Waals surface area contributed by atoms with E-state index in [1.165, 1.54) is 193 Å². The summed E-state index contributed by atoms with van der Waals surface area (Å²) in [5, 5.41) is 0. The van der Waals surface area contributed by atoms with Crippen LogP contribution in [0.25, 0.3) is 0 Å². The Labute approximate surface area is 368 Å². The van der Waals surface area contributed by atoms with Gasteiger partial charge in [-0.05, 0) is 25.2 Å². The molecule has 0 rings (SSSR count). The number of esters is 3. The molecule has 350 valence electrons. The van der Waals surface area contributed by atoms with Crippen molar-refractivity contribution in [2.45, 2.75) is 303 Å². The molecule has 0 amide bonds.